The molecule has 9 atom stereocenters. The lowest BCUT2D eigenvalue weighted by Gasteiger charge is -2.34. The molecule has 4 aromatic rings. The number of aliphatic hydroxyl groups excluding tert-OH is 10. The maximum absolute atomic E-state index is 13.9. The number of carbonyl (C=O) groups is 3. The van der Waals surface area contributed by atoms with Crippen LogP contribution >= 0.6 is 11.6 Å². The van der Waals surface area contributed by atoms with Crippen molar-refractivity contribution in [2.75, 3.05) is 57.4 Å². The maximum atomic E-state index is 13.9. The quantitative estimate of drug-likeness (QED) is 0.0155. The molecule has 1 heterocycles. The molecule has 0 bridgehead atoms. The number of halogens is 1. The number of rotatable bonds is 29. The number of fused-ring (bicyclic) bond motifs is 1. The van der Waals surface area contributed by atoms with E-state index < -0.39 is 99.1 Å². The molecule has 4 rings (SSSR count). The minimum absolute atomic E-state index is 0.0222. The average molecular weight is 1030 g/mol. The molecule has 0 saturated heterocycles. The zero-order valence-electron chi connectivity index (χ0n) is 39.5. The van der Waals surface area contributed by atoms with Crippen molar-refractivity contribution in [2.45, 2.75) is 100 Å². The summed E-state index contributed by atoms with van der Waals surface area (Å²) in [7, 11) is 0. The lowest BCUT2D eigenvalue weighted by Crippen LogP contribution is -2.53. The number of nitrogens with zero attached hydrogens (tertiary/aromatic N) is 4. The molecule has 0 aliphatic heterocycles. The van der Waals surface area contributed by atoms with Crippen LogP contribution in [0.2, 0.25) is 5.15 Å². The van der Waals surface area contributed by atoms with E-state index in [-0.39, 0.29) is 67.4 Å². The van der Waals surface area contributed by atoms with Crippen molar-refractivity contribution < 1.29 is 70.2 Å². The molecule has 0 radical (unpaired) electrons. The number of hydrogen-bond acceptors (Lipinski definition) is 20. The summed E-state index contributed by atoms with van der Waals surface area (Å²) in [6.45, 7) is -3.13. The van der Waals surface area contributed by atoms with E-state index in [0.717, 1.165) is 26.8 Å². The molecular weight excluding hydrogens is 964 g/mol. The summed E-state index contributed by atoms with van der Waals surface area (Å²) in [5, 5.41) is 117. The fourth-order valence-corrected chi connectivity index (χ4v) is 7.98. The Morgan fingerprint density at radius 1 is 0.694 bits per heavy atom. The topological polar surface area (TPSA) is 421 Å². The van der Waals surface area contributed by atoms with Crippen molar-refractivity contribution in [3.05, 3.63) is 94.3 Å². The second kappa shape index (κ2) is 29.0. The molecule has 24 nitrogen and oxygen atoms in total. The molecule has 25 heteroatoms. The van der Waals surface area contributed by atoms with Crippen LogP contribution in [0.3, 0.4) is 0 Å². The molecule has 396 valence electrons. The van der Waals surface area contributed by atoms with E-state index in [1.54, 1.807) is 30.3 Å². The normalized spacial score (nSPS) is 15.4. The van der Waals surface area contributed by atoms with Crippen LogP contribution in [-0.4, -0.2) is 196 Å². The lowest BCUT2D eigenvalue weighted by molar-refractivity contribution is -0.130. The molecule has 0 unspecified atom stereocenters. The molecule has 3 amide bonds. The Labute approximate surface area is 420 Å². The van der Waals surface area contributed by atoms with Gasteiger partial charge in [0.25, 0.3) is 5.91 Å². The molecule has 3 aromatic carbocycles. The molecule has 0 spiro atoms. The number of primary amides is 1. The van der Waals surface area contributed by atoms with Crippen molar-refractivity contribution in [3.63, 3.8) is 0 Å². The number of benzene rings is 3. The molecule has 19 N–H and O–H groups in total. The molecule has 0 fully saturated rings. The zero-order chi connectivity index (χ0) is 53.1. The van der Waals surface area contributed by atoms with Gasteiger partial charge in [-0.1, -0.05) is 78.3 Å². The molecule has 0 aliphatic carbocycles. The number of hydrogen-bond donors (Lipinski definition) is 16. The van der Waals surface area contributed by atoms with Gasteiger partial charge < -0.3 is 78.3 Å². The maximum Gasteiger partial charge on any atom is 0.410 e. The van der Waals surface area contributed by atoms with Crippen LogP contribution in [-0.2, 0) is 29.0 Å². The van der Waals surface area contributed by atoms with Crippen molar-refractivity contribution in [3.8, 4) is 0 Å². The minimum atomic E-state index is -2.01. The number of aromatic nitrogens is 2. The number of nitrogens with two attached hydrogens (primary N) is 3. The number of carbonyl (C=O) groups excluding carboxylic acids is 3. The number of nitrogens with one attached hydrogen (secondary N) is 3. The van der Waals surface area contributed by atoms with E-state index in [4.69, 9.17) is 38.9 Å². The van der Waals surface area contributed by atoms with Crippen LogP contribution in [0.15, 0.2) is 66.7 Å². The van der Waals surface area contributed by atoms with E-state index in [1.165, 1.54) is 4.90 Å². The van der Waals surface area contributed by atoms with Gasteiger partial charge in [-0.15, -0.1) is 0 Å². The van der Waals surface area contributed by atoms with Crippen LogP contribution in [0.1, 0.15) is 52.9 Å². The van der Waals surface area contributed by atoms with Gasteiger partial charge in [0, 0.05) is 32.7 Å². The Bertz CT molecular complexity index is 2350. The summed E-state index contributed by atoms with van der Waals surface area (Å²) in [4.78, 5) is 49.9. The Morgan fingerprint density at radius 3 is 1.79 bits per heavy atom. The van der Waals surface area contributed by atoms with Gasteiger partial charge in [0.1, 0.15) is 49.3 Å². The predicted octanol–water partition coefficient (Wildman–Crippen LogP) is -2.29. The summed E-state index contributed by atoms with van der Waals surface area (Å²) < 4.78 is 5.67. The van der Waals surface area contributed by atoms with Crippen molar-refractivity contribution in [1.82, 2.24) is 30.4 Å². The Hall–Kier alpha value is -5.87. The third-order valence-corrected chi connectivity index (χ3v) is 12.2. The first-order valence-corrected chi connectivity index (χ1v) is 23.5. The first-order valence-electron chi connectivity index (χ1n) is 23.1. The zero-order valence-corrected chi connectivity index (χ0v) is 40.2. The third-order valence-electron chi connectivity index (χ3n) is 11.9. The van der Waals surface area contributed by atoms with Gasteiger partial charge in [0.2, 0.25) is 5.91 Å². The second-order valence-electron chi connectivity index (χ2n) is 17.2. The minimum Gasteiger partial charge on any atom is -0.445 e. The van der Waals surface area contributed by atoms with Gasteiger partial charge in [-0.25, -0.2) is 14.8 Å². The summed E-state index contributed by atoms with van der Waals surface area (Å²) in [5.74, 6) is -2.28. The van der Waals surface area contributed by atoms with Crippen molar-refractivity contribution in [2.24, 2.45) is 5.73 Å². The van der Waals surface area contributed by atoms with Crippen LogP contribution in [0.25, 0.3) is 10.8 Å². The van der Waals surface area contributed by atoms with Crippen molar-refractivity contribution in [1.29, 1.82) is 5.41 Å². The first-order chi connectivity index (χ1) is 34.3. The monoisotopic (exact) mass is 1030 g/mol. The van der Waals surface area contributed by atoms with E-state index in [1.807, 2.05) is 36.4 Å². The van der Waals surface area contributed by atoms with Gasteiger partial charge in [-0.2, -0.15) is 0 Å². The van der Waals surface area contributed by atoms with Crippen molar-refractivity contribution >= 4 is 57.9 Å². The van der Waals surface area contributed by atoms with E-state index in [2.05, 4.69) is 20.6 Å². The number of guanidine groups is 1. The van der Waals surface area contributed by atoms with Crippen LogP contribution < -0.4 is 27.8 Å². The summed E-state index contributed by atoms with van der Waals surface area (Å²) >= 11 is 5.87. The number of aliphatic hydroxyl groups is 10. The van der Waals surface area contributed by atoms with Gasteiger partial charge in [0.15, 0.2) is 28.4 Å². The van der Waals surface area contributed by atoms with E-state index >= 15 is 0 Å². The highest BCUT2D eigenvalue weighted by Crippen LogP contribution is 2.27. The summed E-state index contributed by atoms with van der Waals surface area (Å²) in [6.07, 6.45) is -13.9. The standard InChI is InChI=1S/C47H67ClN10O14/c48-41-43(50)55-42(49)36(54-41)45(70)56-46(52)53-18-7-6-11-27-14-15-28(30-13-5-4-12-29(27)30)16-17-31(44(51)69)58(47(71)72-25-26-9-2-1-3-10-26)20-8-19-57(21-32(61)37(65)39(67)34(63)23-59)22-33(62)38(66)40(68)35(64)24-60/h1-5,9-10,12-15,31-35,37-40,59-68H,6-8,11,16-25H2,(H2,51,69)(H4,49,50,55)(H3,52,53,56,70)/t31-,32-,33-,34+,35+,37+,38+,39+,40+/m0/s1. The van der Waals surface area contributed by atoms with Gasteiger partial charge in [0.05, 0.1) is 25.4 Å². The first kappa shape index (κ1) is 58.7. The van der Waals surface area contributed by atoms with Crippen LogP contribution in [0.5, 0.6) is 0 Å². The number of anilines is 2. The number of unbranched alkanes of at least 4 members (excludes halogenated alkanes) is 1. The summed E-state index contributed by atoms with van der Waals surface area (Å²) in [6, 6.07) is 19.1. The number of aryl methyl sites for hydroxylation is 2. The molecular formula is C47H67ClN10O14. The Morgan fingerprint density at radius 2 is 1.24 bits per heavy atom. The Balaban J connectivity index is 1.48. The molecule has 72 heavy (non-hydrogen) atoms. The fraction of sp³-hybridized carbons (Fsp3) is 0.489. The predicted molar refractivity (Wildman–Crippen MR) is 264 cm³/mol. The number of amides is 3. The smallest absolute Gasteiger partial charge is 0.410 e. The number of ether oxygens (including phenoxy) is 1. The highest BCUT2D eigenvalue weighted by Gasteiger charge is 2.35. The highest BCUT2D eigenvalue weighted by atomic mass is 35.5. The van der Waals surface area contributed by atoms with Gasteiger partial charge in [-0.3, -0.25) is 30.1 Å². The highest BCUT2D eigenvalue weighted by molar-refractivity contribution is 6.31. The van der Waals surface area contributed by atoms with E-state index in [0.29, 0.717) is 31.4 Å². The fourth-order valence-electron chi connectivity index (χ4n) is 7.85. The molecule has 0 saturated carbocycles. The summed E-state index contributed by atoms with van der Waals surface area (Å²) in [5.41, 5.74) is 19.6. The lowest BCUT2D eigenvalue weighted by atomic mass is 9.93. The SMILES string of the molecule is N=C(NCCCCc1ccc(CC[C@@H](C(N)=O)N(CCCN(C[C@H](O)[C@@H](O)[C@H](O)[C@H](O)CO)C[C@H](O)[C@@H](O)[C@H](O)[C@H](O)CO)C(=O)OCc2ccccc2)c2ccccc12)NC(=O)c1nc(Cl)c(N)nc1N. The average Bonchev–Trinajstić information content (AvgIpc) is 3.37. The van der Waals surface area contributed by atoms with Gasteiger partial charge >= 0.3 is 6.09 Å². The second-order valence-corrected chi connectivity index (χ2v) is 17.5. The van der Waals surface area contributed by atoms with E-state index in [9.17, 15) is 65.4 Å². The van der Waals surface area contributed by atoms with Crippen LogP contribution in [0, 0.1) is 5.41 Å². The molecule has 0 aliphatic rings. The van der Waals surface area contributed by atoms with Crippen LogP contribution in [0.4, 0.5) is 16.4 Å². The Kier molecular flexibility index (Phi) is 23.6. The molecule has 1 aromatic heterocycles. The largest absolute Gasteiger partial charge is 0.445 e. The van der Waals surface area contributed by atoms with Gasteiger partial charge in [-0.05, 0) is 66.0 Å². The third kappa shape index (κ3) is 17.1. The number of nitrogen functional groups attached to an aromatic ring is 2.